The van der Waals surface area contributed by atoms with Crippen molar-refractivity contribution < 1.29 is 21.4 Å². The first kappa shape index (κ1) is 23.6. The lowest BCUT2D eigenvalue weighted by molar-refractivity contribution is 0.463. The van der Waals surface area contributed by atoms with E-state index in [0.717, 1.165) is 5.56 Å². The van der Waals surface area contributed by atoms with Crippen molar-refractivity contribution in [2.45, 2.75) is 14.7 Å². The van der Waals surface area contributed by atoms with Gasteiger partial charge in [0.05, 0.1) is 20.4 Å². The highest BCUT2D eigenvalue weighted by Crippen LogP contribution is 2.40. The first-order valence-electron chi connectivity index (χ1n) is 10.7. The van der Waals surface area contributed by atoms with Gasteiger partial charge in [-0.25, -0.2) is 16.8 Å². The Morgan fingerprint density at radius 2 is 1.31 bits per heavy atom. The van der Waals surface area contributed by atoms with Crippen LogP contribution < -0.4 is 0 Å². The summed E-state index contributed by atoms with van der Waals surface area (Å²) in [5.74, 6) is 0. The van der Waals surface area contributed by atoms with Crippen molar-refractivity contribution in [1.82, 2.24) is 4.98 Å². The lowest BCUT2D eigenvalue weighted by atomic mass is 10.1. The van der Waals surface area contributed by atoms with E-state index in [9.17, 15) is 21.4 Å². The minimum Gasteiger partial charge on any atom is -0.744 e. The van der Waals surface area contributed by atoms with E-state index in [-0.39, 0.29) is 21.2 Å². The molecule has 180 valence electrons. The van der Waals surface area contributed by atoms with Crippen molar-refractivity contribution in [1.29, 1.82) is 0 Å². The number of azo groups is 1. The molecule has 0 bridgehead atoms. The van der Waals surface area contributed by atoms with E-state index in [0.29, 0.717) is 16.6 Å². The quantitative estimate of drug-likeness (QED) is 0.219. The molecule has 0 spiro atoms. The Bertz CT molecular complexity index is 1810. The Kier molecular flexibility index (Phi) is 6.00. The lowest BCUT2D eigenvalue weighted by Gasteiger charge is -2.07. The summed E-state index contributed by atoms with van der Waals surface area (Å²) >= 11 is 0. The van der Waals surface area contributed by atoms with Gasteiger partial charge in [0, 0.05) is 16.5 Å². The van der Waals surface area contributed by atoms with Gasteiger partial charge in [-0.3, -0.25) is 0 Å². The van der Waals surface area contributed by atoms with E-state index in [1.54, 1.807) is 30.3 Å². The van der Waals surface area contributed by atoms with Crippen LogP contribution in [0.25, 0.3) is 22.2 Å². The molecule has 10 heteroatoms. The zero-order valence-corrected chi connectivity index (χ0v) is 20.2. The number of hydrogen-bond donors (Lipinski definition) is 1. The molecule has 1 aromatic heterocycles. The van der Waals surface area contributed by atoms with Crippen LogP contribution in [0.4, 0.5) is 11.4 Å². The topological polar surface area (TPSA) is 132 Å². The third-order valence-electron chi connectivity index (χ3n) is 5.56. The highest BCUT2D eigenvalue weighted by Gasteiger charge is 2.21. The van der Waals surface area contributed by atoms with Crippen molar-refractivity contribution in [2.75, 3.05) is 0 Å². The summed E-state index contributed by atoms with van der Waals surface area (Å²) in [6.07, 6.45) is 0. The SMILES string of the molecule is O=S(=O)([O-])c1ccc2[nH]c(-c3ccccc3)c(N=Nc3ccccc3S(=O)(=O)c3ccccc3)c2c1. The Morgan fingerprint density at radius 3 is 2.00 bits per heavy atom. The van der Waals surface area contributed by atoms with Gasteiger partial charge in [-0.1, -0.05) is 60.7 Å². The smallest absolute Gasteiger partial charge is 0.208 e. The third-order valence-corrected chi connectivity index (χ3v) is 8.21. The molecule has 1 heterocycles. The molecule has 5 rings (SSSR count). The normalized spacial score (nSPS) is 12.4. The number of benzene rings is 4. The Morgan fingerprint density at radius 1 is 0.667 bits per heavy atom. The number of fused-ring (bicyclic) bond motifs is 1. The van der Waals surface area contributed by atoms with Crippen LogP contribution in [0.2, 0.25) is 0 Å². The first-order valence-corrected chi connectivity index (χ1v) is 13.6. The predicted molar refractivity (Wildman–Crippen MR) is 134 cm³/mol. The van der Waals surface area contributed by atoms with Gasteiger partial charge in [0.1, 0.15) is 21.5 Å². The van der Waals surface area contributed by atoms with Crippen molar-refractivity contribution in [3.63, 3.8) is 0 Å². The van der Waals surface area contributed by atoms with Gasteiger partial charge in [0.25, 0.3) is 0 Å². The molecule has 0 amide bonds. The maximum Gasteiger partial charge on any atom is 0.208 e. The first-order chi connectivity index (χ1) is 17.2. The second-order valence-electron chi connectivity index (χ2n) is 7.86. The number of H-pyrrole nitrogens is 1. The van der Waals surface area contributed by atoms with E-state index in [1.807, 2.05) is 30.3 Å². The minimum atomic E-state index is -4.71. The number of nitrogens with zero attached hydrogens (tertiary/aromatic N) is 2. The molecular formula is C26H18N3O5S2-. The fourth-order valence-corrected chi connectivity index (χ4v) is 5.74. The number of hydrogen-bond acceptors (Lipinski definition) is 7. The summed E-state index contributed by atoms with van der Waals surface area (Å²) in [6, 6.07) is 27.4. The van der Waals surface area contributed by atoms with E-state index in [4.69, 9.17) is 0 Å². The molecule has 8 nitrogen and oxygen atoms in total. The van der Waals surface area contributed by atoms with Gasteiger partial charge in [0.2, 0.25) is 9.84 Å². The Hall–Kier alpha value is -4.12. The average Bonchev–Trinajstić information content (AvgIpc) is 3.26. The lowest BCUT2D eigenvalue weighted by Crippen LogP contribution is -2.01. The molecule has 4 aromatic carbocycles. The number of nitrogens with one attached hydrogen (secondary N) is 1. The average molecular weight is 517 g/mol. The van der Waals surface area contributed by atoms with Crippen LogP contribution in [0.3, 0.4) is 0 Å². The molecule has 0 saturated heterocycles. The summed E-state index contributed by atoms with van der Waals surface area (Å²) in [7, 11) is -8.58. The Balaban J connectivity index is 1.70. The van der Waals surface area contributed by atoms with Gasteiger partial charge in [0.15, 0.2) is 0 Å². The molecule has 0 fully saturated rings. The largest absolute Gasteiger partial charge is 0.744 e. The van der Waals surface area contributed by atoms with Gasteiger partial charge in [-0.15, -0.1) is 10.2 Å². The standard InChI is InChI=1S/C26H19N3O5S2/c30-35(31,19-11-5-2-6-12-19)24-14-8-7-13-23(24)28-29-26-21-17-20(36(32,33)34)15-16-22(21)27-25(26)18-9-3-1-4-10-18/h1-17,27H,(H,32,33,34)/p-1. The number of sulfone groups is 1. The Labute approximate surface area is 207 Å². The zero-order chi connectivity index (χ0) is 25.3. The van der Waals surface area contributed by atoms with Crippen LogP contribution in [0.5, 0.6) is 0 Å². The summed E-state index contributed by atoms with van der Waals surface area (Å²) < 4.78 is 61.5. The molecule has 0 unspecified atom stereocenters. The molecule has 0 atom stereocenters. The molecule has 0 aliphatic carbocycles. The van der Waals surface area contributed by atoms with E-state index in [1.165, 1.54) is 42.5 Å². The van der Waals surface area contributed by atoms with Gasteiger partial charge < -0.3 is 9.54 Å². The summed E-state index contributed by atoms with van der Waals surface area (Å²) in [6.45, 7) is 0. The van der Waals surface area contributed by atoms with Crippen molar-refractivity contribution in [3.05, 3.63) is 103 Å². The van der Waals surface area contributed by atoms with Gasteiger partial charge >= 0.3 is 0 Å². The maximum atomic E-state index is 13.3. The maximum absolute atomic E-state index is 13.3. The highest BCUT2D eigenvalue weighted by molar-refractivity contribution is 7.91. The summed E-state index contributed by atoms with van der Waals surface area (Å²) in [5, 5.41) is 8.99. The van der Waals surface area contributed by atoms with E-state index >= 15 is 0 Å². The van der Waals surface area contributed by atoms with Crippen molar-refractivity contribution in [2.24, 2.45) is 10.2 Å². The molecule has 5 aromatic rings. The zero-order valence-electron chi connectivity index (χ0n) is 18.6. The highest BCUT2D eigenvalue weighted by atomic mass is 32.2. The second kappa shape index (κ2) is 9.15. The van der Waals surface area contributed by atoms with Crippen LogP contribution in [0, 0.1) is 0 Å². The van der Waals surface area contributed by atoms with Gasteiger partial charge in [-0.2, -0.15) is 0 Å². The molecule has 0 saturated carbocycles. The minimum absolute atomic E-state index is 0.0242. The molecule has 36 heavy (non-hydrogen) atoms. The molecular weight excluding hydrogens is 498 g/mol. The molecule has 0 radical (unpaired) electrons. The predicted octanol–water partition coefficient (Wildman–Crippen LogP) is 5.99. The third kappa shape index (κ3) is 4.44. The van der Waals surface area contributed by atoms with Crippen molar-refractivity contribution in [3.8, 4) is 11.3 Å². The fraction of sp³-hybridized carbons (Fsp3) is 0. The number of aromatic nitrogens is 1. The van der Waals surface area contributed by atoms with Crippen LogP contribution >= 0.6 is 0 Å². The van der Waals surface area contributed by atoms with Crippen LogP contribution in [-0.4, -0.2) is 26.4 Å². The van der Waals surface area contributed by atoms with E-state index in [2.05, 4.69) is 15.2 Å². The van der Waals surface area contributed by atoms with Crippen molar-refractivity contribution >= 4 is 42.2 Å². The van der Waals surface area contributed by atoms with Crippen LogP contribution in [-0.2, 0) is 20.0 Å². The second-order valence-corrected chi connectivity index (χ2v) is 11.2. The molecule has 0 aliphatic heterocycles. The van der Waals surface area contributed by atoms with Gasteiger partial charge in [-0.05, 0) is 42.5 Å². The monoisotopic (exact) mass is 516 g/mol. The number of rotatable bonds is 6. The fourth-order valence-electron chi connectivity index (χ4n) is 3.83. The molecule has 0 aliphatic rings. The summed E-state index contributed by atoms with van der Waals surface area (Å²) in [5.41, 5.74) is 2.22. The number of aromatic amines is 1. The van der Waals surface area contributed by atoms with Crippen LogP contribution in [0.15, 0.2) is 128 Å². The van der Waals surface area contributed by atoms with Crippen LogP contribution in [0.1, 0.15) is 0 Å². The van der Waals surface area contributed by atoms with E-state index < -0.39 is 24.9 Å². The summed E-state index contributed by atoms with van der Waals surface area (Å²) in [4.78, 5) is 2.89. The molecule has 1 N–H and O–H groups in total.